The molecule has 0 amide bonds. The number of aromatic nitrogens is 3. The summed E-state index contributed by atoms with van der Waals surface area (Å²) in [6, 6.07) is 12.4. The van der Waals surface area contributed by atoms with Gasteiger partial charge >= 0.3 is 0 Å². The molecule has 2 N–H and O–H groups in total. The van der Waals surface area contributed by atoms with Gasteiger partial charge in [0, 0.05) is 5.56 Å². The molecule has 6 heteroatoms. The highest BCUT2D eigenvalue weighted by molar-refractivity contribution is 7.71. The molecule has 0 spiro atoms. The first-order valence-electron chi connectivity index (χ1n) is 7.22. The van der Waals surface area contributed by atoms with Crippen LogP contribution in [0.5, 0.6) is 5.75 Å². The maximum Gasteiger partial charge on any atom is 0.214 e. The Morgan fingerprint density at radius 1 is 1.27 bits per heavy atom. The highest BCUT2D eigenvalue weighted by atomic mass is 32.1. The number of H-pyrrole nitrogens is 1. The molecule has 3 aromatic rings. The SMILES string of the molecule is CCOc1ccc2ccccc2c1CNn1c(C)n[nH]c1=S. The van der Waals surface area contributed by atoms with Crippen LogP contribution in [0.25, 0.3) is 10.8 Å². The minimum atomic E-state index is 0.552. The van der Waals surface area contributed by atoms with Gasteiger partial charge < -0.3 is 10.2 Å². The van der Waals surface area contributed by atoms with Gasteiger partial charge in [-0.25, -0.2) is 4.68 Å². The molecule has 0 aliphatic rings. The molecule has 5 nitrogen and oxygen atoms in total. The molecule has 3 rings (SSSR count). The number of hydrogen-bond donors (Lipinski definition) is 2. The van der Waals surface area contributed by atoms with Crippen molar-refractivity contribution in [3.8, 4) is 5.75 Å². The summed E-state index contributed by atoms with van der Waals surface area (Å²) in [6.45, 7) is 5.12. The normalized spacial score (nSPS) is 10.8. The van der Waals surface area contributed by atoms with E-state index in [-0.39, 0.29) is 0 Å². The van der Waals surface area contributed by atoms with Crippen molar-refractivity contribution in [3.63, 3.8) is 0 Å². The van der Waals surface area contributed by atoms with Gasteiger partial charge in [-0.05, 0) is 42.9 Å². The van der Waals surface area contributed by atoms with Crippen molar-refractivity contribution in [2.24, 2.45) is 0 Å². The molecule has 0 unspecified atom stereocenters. The second kappa shape index (κ2) is 6.19. The third kappa shape index (κ3) is 2.69. The number of nitrogens with zero attached hydrogens (tertiary/aromatic N) is 2. The lowest BCUT2D eigenvalue weighted by molar-refractivity contribution is 0.337. The quantitative estimate of drug-likeness (QED) is 0.707. The summed E-state index contributed by atoms with van der Waals surface area (Å²) >= 11 is 5.22. The largest absolute Gasteiger partial charge is 0.494 e. The number of benzene rings is 2. The predicted octanol–water partition coefficient (Wildman–Crippen LogP) is 3.54. The van der Waals surface area contributed by atoms with Crippen molar-refractivity contribution < 1.29 is 4.74 Å². The molecule has 22 heavy (non-hydrogen) atoms. The number of rotatable bonds is 5. The number of nitrogens with one attached hydrogen (secondary N) is 2. The maximum absolute atomic E-state index is 5.78. The first kappa shape index (κ1) is 14.6. The van der Waals surface area contributed by atoms with Gasteiger partial charge in [-0.15, -0.1) is 0 Å². The number of aromatic amines is 1. The maximum atomic E-state index is 5.78. The summed E-state index contributed by atoms with van der Waals surface area (Å²) in [4.78, 5) is 0. The van der Waals surface area contributed by atoms with Crippen molar-refractivity contribution in [1.82, 2.24) is 14.9 Å². The Bertz CT molecular complexity index is 853. The third-order valence-corrected chi connectivity index (χ3v) is 3.83. The molecule has 114 valence electrons. The summed E-state index contributed by atoms with van der Waals surface area (Å²) in [5.41, 5.74) is 4.42. The number of aryl methyl sites for hydroxylation is 1. The Kier molecular flexibility index (Phi) is 4.11. The molecule has 0 fully saturated rings. The minimum Gasteiger partial charge on any atom is -0.494 e. The highest BCUT2D eigenvalue weighted by Crippen LogP contribution is 2.28. The van der Waals surface area contributed by atoms with Crippen LogP contribution in [-0.2, 0) is 6.54 Å². The summed E-state index contributed by atoms with van der Waals surface area (Å²) < 4.78 is 8.10. The first-order chi connectivity index (χ1) is 10.7. The molecule has 2 aromatic carbocycles. The van der Waals surface area contributed by atoms with E-state index < -0.39 is 0 Å². The van der Waals surface area contributed by atoms with Gasteiger partial charge in [0.15, 0.2) is 0 Å². The highest BCUT2D eigenvalue weighted by Gasteiger charge is 2.09. The van der Waals surface area contributed by atoms with E-state index in [1.54, 1.807) is 4.68 Å². The molecule has 0 aliphatic heterocycles. The van der Waals surface area contributed by atoms with Gasteiger partial charge in [0.25, 0.3) is 0 Å². The summed E-state index contributed by atoms with van der Waals surface area (Å²) in [5, 5.41) is 9.24. The Labute approximate surface area is 133 Å². The van der Waals surface area contributed by atoms with Crippen LogP contribution < -0.4 is 10.2 Å². The van der Waals surface area contributed by atoms with E-state index in [1.807, 2.05) is 32.0 Å². The standard InChI is InChI=1S/C16H18N4OS/c1-3-21-15-9-8-12-6-4-5-7-13(12)14(15)10-17-20-11(2)18-19-16(20)22/h4-9,17H,3,10H2,1-2H3,(H,19,22). The fourth-order valence-corrected chi connectivity index (χ4v) is 2.75. The Morgan fingerprint density at radius 3 is 2.82 bits per heavy atom. The molecule has 0 saturated carbocycles. The van der Waals surface area contributed by atoms with Crippen molar-refractivity contribution >= 4 is 23.0 Å². The van der Waals surface area contributed by atoms with Crippen LogP contribution in [0.1, 0.15) is 18.3 Å². The molecule has 0 atom stereocenters. The lowest BCUT2D eigenvalue weighted by Gasteiger charge is -2.15. The van der Waals surface area contributed by atoms with Crippen LogP contribution in [0.3, 0.4) is 0 Å². The predicted molar refractivity (Wildman–Crippen MR) is 90.3 cm³/mol. The minimum absolute atomic E-state index is 0.552. The Morgan fingerprint density at radius 2 is 2.09 bits per heavy atom. The van der Waals surface area contributed by atoms with Gasteiger partial charge in [-0.1, -0.05) is 30.3 Å². The molecule has 1 heterocycles. The Balaban J connectivity index is 2.00. The monoisotopic (exact) mass is 314 g/mol. The van der Waals surface area contributed by atoms with Crippen molar-refractivity contribution in [2.75, 3.05) is 12.0 Å². The van der Waals surface area contributed by atoms with Crippen LogP contribution in [0.15, 0.2) is 36.4 Å². The van der Waals surface area contributed by atoms with E-state index in [0.29, 0.717) is 17.9 Å². The van der Waals surface area contributed by atoms with Gasteiger partial charge in [0.05, 0.1) is 13.2 Å². The van der Waals surface area contributed by atoms with E-state index in [9.17, 15) is 0 Å². The van der Waals surface area contributed by atoms with E-state index >= 15 is 0 Å². The van der Waals surface area contributed by atoms with E-state index in [0.717, 1.165) is 17.1 Å². The second-order valence-electron chi connectivity index (χ2n) is 4.94. The molecule has 0 radical (unpaired) electrons. The fourth-order valence-electron chi connectivity index (χ4n) is 2.51. The molecule has 0 bridgehead atoms. The molecule has 0 saturated heterocycles. The van der Waals surface area contributed by atoms with Gasteiger partial charge in [0.2, 0.25) is 4.77 Å². The first-order valence-corrected chi connectivity index (χ1v) is 7.63. The smallest absolute Gasteiger partial charge is 0.214 e. The second-order valence-corrected chi connectivity index (χ2v) is 5.33. The van der Waals surface area contributed by atoms with E-state index in [1.165, 1.54) is 10.8 Å². The molecule has 0 aliphatic carbocycles. The zero-order chi connectivity index (χ0) is 15.5. The van der Waals surface area contributed by atoms with Crippen LogP contribution in [0.4, 0.5) is 0 Å². The van der Waals surface area contributed by atoms with Crippen LogP contribution >= 0.6 is 12.2 Å². The van der Waals surface area contributed by atoms with Gasteiger partial charge in [0.1, 0.15) is 11.6 Å². The lowest BCUT2D eigenvalue weighted by atomic mass is 10.0. The third-order valence-electron chi connectivity index (χ3n) is 3.55. The molecule has 1 aromatic heterocycles. The Hall–Kier alpha value is -2.34. The van der Waals surface area contributed by atoms with Gasteiger partial charge in [-0.2, -0.15) is 5.10 Å². The van der Waals surface area contributed by atoms with E-state index in [2.05, 4.69) is 33.8 Å². The number of hydrogen-bond acceptors (Lipinski definition) is 4. The van der Waals surface area contributed by atoms with Crippen LogP contribution in [0.2, 0.25) is 0 Å². The lowest BCUT2D eigenvalue weighted by Crippen LogP contribution is -2.17. The summed E-state index contributed by atoms with van der Waals surface area (Å²) in [6.07, 6.45) is 0. The topological polar surface area (TPSA) is 54.9 Å². The average molecular weight is 314 g/mol. The fraction of sp³-hybridized carbons (Fsp3) is 0.250. The van der Waals surface area contributed by atoms with Crippen LogP contribution in [-0.4, -0.2) is 21.5 Å². The van der Waals surface area contributed by atoms with Crippen LogP contribution in [0, 0.1) is 11.7 Å². The van der Waals surface area contributed by atoms with E-state index in [4.69, 9.17) is 17.0 Å². The number of ether oxygens (including phenoxy) is 1. The van der Waals surface area contributed by atoms with Crippen molar-refractivity contribution in [1.29, 1.82) is 0 Å². The summed E-state index contributed by atoms with van der Waals surface area (Å²) in [7, 11) is 0. The zero-order valence-corrected chi connectivity index (χ0v) is 13.4. The zero-order valence-electron chi connectivity index (χ0n) is 12.6. The average Bonchev–Trinajstić information content (AvgIpc) is 2.85. The molecular formula is C16H18N4OS. The summed E-state index contributed by atoms with van der Waals surface area (Å²) in [5.74, 6) is 1.68. The number of fused-ring (bicyclic) bond motifs is 1. The van der Waals surface area contributed by atoms with Crippen molar-refractivity contribution in [2.45, 2.75) is 20.4 Å². The molecular weight excluding hydrogens is 296 g/mol. The van der Waals surface area contributed by atoms with Crippen molar-refractivity contribution in [3.05, 3.63) is 52.6 Å². The van der Waals surface area contributed by atoms with Gasteiger partial charge in [-0.3, -0.25) is 5.10 Å².